The Morgan fingerprint density at radius 1 is 0.724 bits per heavy atom. The lowest BCUT2D eigenvalue weighted by atomic mass is 10.1. The SMILES string of the molecule is CC(=O)c1ccc(N2CCN(C(=O)c3ccccc3N3CCCCC3)CC2)cc1. The highest BCUT2D eigenvalue weighted by molar-refractivity contribution is 6.00. The molecule has 0 atom stereocenters. The van der Waals surface area contributed by atoms with Crippen LogP contribution in [0.5, 0.6) is 0 Å². The molecule has 2 aromatic carbocycles. The molecule has 2 aliphatic rings. The maximum absolute atomic E-state index is 13.3. The van der Waals surface area contributed by atoms with Gasteiger partial charge in [-0.3, -0.25) is 9.59 Å². The Morgan fingerprint density at radius 3 is 2.03 bits per heavy atom. The summed E-state index contributed by atoms with van der Waals surface area (Å²) in [5.74, 6) is 0.220. The third-order valence-corrected chi connectivity index (χ3v) is 6.04. The van der Waals surface area contributed by atoms with Crippen molar-refractivity contribution < 1.29 is 9.59 Å². The van der Waals surface area contributed by atoms with Gasteiger partial charge in [0.15, 0.2) is 5.78 Å². The number of rotatable bonds is 4. The summed E-state index contributed by atoms with van der Waals surface area (Å²) in [6.45, 7) is 6.68. The molecule has 152 valence electrons. The van der Waals surface area contributed by atoms with Crippen LogP contribution in [0.4, 0.5) is 11.4 Å². The largest absolute Gasteiger partial charge is 0.371 e. The van der Waals surface area contributed by atoms with Gasteiger partial charge < -0.3 is 14.7 Å². The molecule has 0 N–H and O–H groups in total. The smallest absolute Gasteiger partial charge is 0.256 e. The number of anilines is 2. The number of para-hydroxylation sites is 1. The van der Waals surface area contributed by atoms with E-state index in [2.05, 4.69) is 15.9 Å². The number of carbonyl (C=O) groups excluding carboxylic acids is 2. The molecule has 0 aromatic heterocycles. The van der Waals surface area contributed by atoms with Crippen molar-refractivity contribution in [3.8, 4) is 0 Å². The standard InChI is InChI=1S/C24H29N3O2/c1-19(28)20-9-11-21(12-10-20)25-15-17-27(18-16-25)24(29)22-7-3-4-8-23(22)26-13-5-2-6-14-26/h3-4,7-12H,2,5-6,13-18H2,1H3. The Morgan fingerprint density at radius 2 is 1.38 bits per heavy atom. The van der Waals surface area contributed by atoms with Crippen LogP contribution in [0.3, 0.4) is 0 Å². The van der Waals surface area contributed by atoms with E-state index < -0.39 is 0 Å². The quantitative estimate of drug-likeness (QED) is 0.743. The zero-order valence-electron chi connectivity index (χ0n) is 17.1. The average molecular weight is 392 g/mol. The highest BCUT2D eigenvalue weighted by Gasteiger charge is 2.25. The fourth-order valence-electron chi connectivity index (χ4n) is 4.31. The zero-order chi connectivity index (χ0) is 20.2. The summed E-state index contributed by atoms with van der Waals surface area (Å²) in [7, 11) is 0. The van der Waals surface area contributed by atoms with Crippen LogP contribution in [0.25, 0.3) is 0 Å². The molecule has 2 saturated heterocycles. The van der Waals surface area contributed by atoms with Gasteiger partial charge in [-0.15, -0.1) is 0 Å². The lowest BCUT2D eigenvalue weighted by Crippen LogP contribution is -2.49. The highest BCUT2D eigenvalue weighted by atomic mass is 16.2. The van der Waals surface area contributed by atoms with Crippen molar-refractivity contribution in [1.29, 1.82) is 0 Å². The van der Waals surface area contributed by atoms with Crippen molar-refractivity contribution in [3.05, 3.63) is 59.7 Å². The van der Waals surface area contributed by atoms with Gasteiger partial charge in [0, 0.05) is 56.2 Å². The first kappa shape index (κ1) is 19.5. The Bertz CT molecular complexity index is 864. The van der Waals surface area contributed by atoms with E-state index in [-0.39, 0.29) is 11.7 Å². The minimum Gasteiger partial charge on any atom is -0.371 e. The second kappa shape index (κ2) is 8.68. The van der Waals surface area contributed by atoms with Gasteiger partial charge in [-0.05, 0) is 62.6 Å². The Hall–Kier alpha value is -2.82. The van der Waals surface area contributed by atoms with Gasteiger partial charge in [-0.1, -0.05) is 12.1 Å². The molecule has 0 bridgehead atoms. The molecular formula is C24H29N3O2. The monoisotopic (exact) mass is 391 g/mol. The molecule has 0 radical (unpaired) electrons. The molecule has 0 spiro atoms. The van der Waals surface area contributed by atoms with Crippen molar-refractivity contribution in [1.82, 2.24) is 4.90 Å². The van der Waals surface area contributed by atoms with Crippen molar-refractivity contribution in [3.63, 3.8) is 0 Å². The first-order valence-corrected chi connectivity index (χ1v) is 10.6. The molecule has 5 heteroatoms. The molecule has 29 heavy (non-hydrogen) atoms. The Labute approximate surface area is 172 Å². The van der Waals surface area contributed by atoms with E-state index in [4.69, 9.17) is 0 Å². The number of piperazine rings is 1. The molecule has 2 heterocycles. The second-order valence-corrected chi connectivity index (χ2v) is 7.95. The molecule has 2 aromatic rings. The van der Waals surface area contributed by atoms with Crippen molar-refractivity contribution in [2.45, 2.75) is 26.2 Å². The van der Waals surface area contributed by atoms with E-state index in [9.17, 15) is 9.59 Å². The van der Waals surface area contributed by atoms with Crippen LogP contribution in [0.2, 0.25) is 0 Å². The number of hydrogen-bond acceptors (Lipinski definition) is 4. The molecule has 2 aliphatic heterocycles. The summed E-state index contributed by atoms with van der Waals surface area (Å²) in [5, 5.41) is 0. The topological polar surface area (TPSA) is 43.9 Å². The molecule has 1 amide bonds. The molecule has 0 unspecified atom stereocenters. The molecule has 2 fully saturated rings. The first-order valence-electron chi connectivity index (χ1n) is 10.6. The van der Waals surface area contributed by atoms with Crippen LogP contribution >= 0.6 is 0 Å². The normalized spacial score (nSPS) is 17.3. The maximum Gasteiger partial charge on any atom is 0.256 e. The summed E-state index contributed by atoms with van der Waals surface area (Å²) in [6.07, 6.45) is 3.68. The minimum atomic E-state index is 0.0827. The number of carbonyl (C=O) groups is 2. The zero-order valence-corrected chi connectivity index (χ0v) is 17.1. The summed E-state index contributed by atoms with van der Waals surface area (Å²) in [4.78, 5) is 31.4. The fraction of sp³-hybridized carbons (Fsp3) is 0.417. The van der Waals surface area contributed by atoms with E-state index >= 15 is 0 Å². The van der Waals surface area contributed by atoms with Crippen molar-refractivity contribution >= 4 is 23.1 Å². The van der Waals surface area contributed by atoms with E-state index in [1.807, 2.05) is 47.4 Å². The molecule has 0 saturated carbocycles. The summed E-state index contributed by atoms with van der Waals surface area (Å²) in [6, 6.07) is 15.8. The average Bonchev–Trinajstić information content (AvgIpc) is 2.79. The molecule has 4 rings (SSSR count). The third-order valence-electron chi connectivity index (χ3n) is 6.04. The van der Waals surface area contributed by atoms with E-state index in [1.54, 1.807) is 6.92 Å². The molecular weight excluding hydrogens is 362 g/mol. The van der Waals surface area contributed by atoms with Gasteiger partial charge in [-0.25, -0.2) is 0 Å². The number of nitrogens with zero attached hydrogens (tertiary/aromatic N) is 3. The predicted octanol–water partition coefficient (Wildman–Crippen LogP) is 3.84. The minimum absolute atomic E-state index is 0.0827. The number of ketones is 1. The van der Waals surface area contributed by atoms with Gasteiger partial charge in [-0.2, -0.15) is 0 Å². The van der Waals surface area contributed by atoms with Crippen LogP contribution in [0.15, 0.2) is 48.5 Å². The number of Topliss-reactive ketones (excluding diaryl/α,β-unsaturated/α-hetero) is 1. The van der Waals surface area contributed by atoms with Crippen LogP contribution < -0.4 is 9.80 Å². The third kappa shape index (κ3) is 4.29. The van der Waals surface area contributed by atoms with Crippen molar-refractivity contribution in [2.75, 3.05) is 49.1 Å². The van der Waals surface area contributed by atoms with E-state index in [0.717, 1.165) is 48.7 Å². The van der Waals surface area contributed by atoms with Gasteiger partial charge in [0.1, 0.15) is 0 Å². The summed E-state index contributed by atoms with van der Waals surface area (Å²) >= 11 is 0. The van der Waals surface area contributed by atoms with Gasteiger partial charge in [0.25, 0.3) is 5.91 Å². The number of benzene rings is 2. The van der Waals surface area contributed by atoms with E-state index in [1.165, 1.54) is 19.3 Å². The predicted molar refractivity (Wildman–Crippen MR) is 117 cm³/mol. The number of piperidine rings is 1. The van der Waals surface area contributed by atoms with Gasteiger partial charge in [0.2, 0.25) is 0 Å². The molecule has 0 aliphatic carbocycles. The Kier molecular flexibility index (Phi) is 5.84. The van der Waals surface area contributed by atoms with Crippen LogP contribution in [0.1, 0.15) is 46.9 Å². The number of hydrogen-bond donors (Lipinski definition) is 0. The lowest BCUT2D eigenvalue weighted by molar-refractivity contribution is 0.0747. The second-order valence-electron chi connectivity index (χ2n) is 7.95. The maximum atomic E-state index is 13.3. The summed E-state index contributed by atoms with van der Waals surface area (Å²) in [5.41, 5.74) is 3.75. The van der Waals surface area contributed by atoms with Gasteiger partial charge in [0.05, 0.1) is 5.56 Å². The first-order chi connectivity index (χ1) is 14.1. The Balaban J connectivity index is 1.42. The van der Waals surface area contributed by atoms with Crippen molar-refractivity contribution in [2.24, 2.45) is 0 Å². The fourth-order valence-corrected chi connectivity index (χ4v) is 4.31. The summed E-state index contributed by atoms with van der Waals surface area (Å²) < 4.78 is 0. The lowest BCUT2D eigenvalue weighted by Gasteiger charge is -2.37. The van der Waals surface area contributed by atoms with Crippen LogP contribution in [-0.2, 0) is 0 Å². The molecule has 5 nitrogen and oxygen atoms in total. The highest BCUT2D eigenvalue weighted by Crippen LogP contribution is 2.26. The van der Waals surface area contributed by atoms with E-state index in [0.29, 0.717) is 13.1 Å². The number of amides is 1. The van der Waals surface area contributed by atoms with Gasteiger partial charge >= 0.3 is 0 Å². The van der Waals surface area contributed by atoms with Crippen LogP contribution in [-0.4, -0.2) is 55.9 Å². The van der Waals surface area contributed by atoms with Crippen LogP contribution in [0, 0.1) is 0 Å².